The van der Waals surface area contributed by atoms with E-state index < -0.39 is 0 Å². The molecule has 0 fully saturated rings. The van der Waals surface area contributed by atoms with Crippen molar-refractivity contribution < 1.29 is 4.39 Å². The summed E-state index contributed by atoms with van der Waals surface area (Å²) >= 11 is 1.60. The highest BCUT2D eigenvalue weighted by Crippen LogP contribution is 2.22. The molecule has 0 nitrogen and oxygen atoms in total. The number of halogens is 1. The molecule has 0 heterocycles. The second-order valence-corrected chi connectivity index (χ2v) is 4.55. The minimum absolute atomic E-state index is 0.103. The molecule has 0 spiro atoms. The van der Waals surface area contributed by atoms with Gasteiger partial charge in [-0.3, -0.25) is 0 Å². The standard InChI is InChI=1S/C13H17FS/c1-2-3-4-5-8-11-15-13-10-7-6-9-12(13)14/h2,6-7,9-10H,1,3-5,8,11H2. The second kappa shape index (κ2) is 7.52. The summed E-state index contributed by atoms with van der Waals surface area (Å²) in [4.78, 5) is 0.765. The van der Waals surface area contributed by atoms with Crippen LogP contribution in [0, 0.1) is 5.82 Å². The van der Waals surface area contributed by atoms with Gasteiger partial charge < -0.3 is 0 Å². The van der Waals surface area contributed by atoms with Crippen molar-refractivity contribution in [3.8, 4) is 0 Å². The van der Waals surface area contributed by atoms with E-state index in [0.29, 0.717) is 0 Å². The van der Waals surface area contributed by atoms with E-state index in [1.807, 2.05) is 18.2 Å². The van der Waals surface area contributed by atoms with Crippen LogP contribution in [-0.4, -0.2) is 5.75 Å². The lowest BCUT2D eigenvalue weighted by atomic mass is 10.2. The molecule has 1 aromatic rings. The van der Waals surface area contributed by atoms with Crippen LogP contribution in [0.3, 0.4) is 0 Å². The van der Waals surface area contributed by atoms with Crippen LogP contribution in [0.2, 0.25) is 0 Å². The van der Waals surface area contributed by atoms with Crippen LogP contribution in [-0.2, 0) is 0 Å². The van der Waals surface area contributed by atoms with Crippen molar-refractivity contribution in [1.29, 1.82) is 0 Å². The van der Waals surface area contributed by atoms with E-state index in [-0.39, 0.29) is 5.82 Å². The number of rotatable bonds is 7. The van der Waals surface area contributed by atoms with Crippen LogP contribution in [0.5, 0.6) is 0 Å². The molecule has 2 heteroatoms. The first-order valence-electron chi connectivity index (χ1n) is 5.33. The molecule has 0 aromatic heterocycles. The van der Waals surface area contributed by atoms with Gasteiger partial charge in [0.15, 0.2) is 0 Å². The normalized spacial score (nSPS) is 10.2. The summed E-state index contributed by atoms with van der Waals surface area (Å²) in [5.74, 6) is 0.895. The van der Waals surface area contributed by atoms with Crippen molar-refractivity contribution in [1.82, 2.24) is 0 Å². The Morgan fingerprint density at radius 2 is 2.00 bits per heavy atom. The van der Waals surface area contributed by atoms with Crippen molar-refractivity contribution in [2.75, 3.05) is 5.75 Å². The van der Waals surface area contributed by atoms with E-state index in [0.717, 1.165) is 23.5 Å². The van der Waals surface area contributed by atoms with Crippen molar-refractivity contribution in [3.05, 3.63) is 42.7 Å². The minimum atomic E-state index is -0.103. The van der Waals surface area contributed by atoms with Gasteiger partial charge in [-0.25, -0.2) is 4.39 Å². The summed E-state index contributed by atoms with van der Waals surface area (Å²) in [6.45, 7) is 3.68. The summed E-state index contributed by atoms with van der Waals surface area (Å²) in [6.07, 6.45) is 6.58. The van der Waals surface area contributed by atoms with Gasteiger partial charge in [0.05, 0.1) is 0 Å². The SMILES string of the molecule is C=CCCCCCSc1ccccc1F. The van der Waals surface area contributed by atoms with Gasteiger partial charge >= 0.3 is 0 Å². The number of thioether (sulfide) groups is 1. The van der Waals surface area contributed by atoms with E-state index in [1.165, 1.54) is 18.9 Å². The predicted octanol–water partition coefficient (Wildman–Crippen LogP) is 4.66. The van der Waals surface area contributed by atoms with Crippen LogP contribution >= 0.6 is 11.8 Å². The van der Waals surface area contributed by atoms with Crippen LogP contribution in [0.15, 0.2) is 41.8 Å². The van der Waals surface area contributed by atoms with Gasteiger partial charge in [-0.2, -0.15) is 0 Å². The van der Waals surface area contributed by atoms with Crippen LogP contribution in [0.1, 0.15) is 25.7 Å². The highest BCUT2D eigenvalue weighted by Gasteiger charge is 1.99. The maximum Gasteiger partial charge on any atom is 0.136 e. The summed E-state index contributed by atoms with van der Waals surface area (Å²) in [6, 6.07) is 6.95. The first-order chi connectivity index (χ1) is 7.34. The van der Waals surface area contributed by atoms with Crippen molar-refractivity contribution in [2.45, 2.75) is 30.6 Å². The molecule has 0 saturated heterocycles. The molecule has 1 aromatic carbocycles. The summed E-state index contributed by atoms with van der Waals surface area (Å²) in [7, 11) is 0. The fraction of sp³-hybridized carbons (Fsp3) is 0.385. The Hall–Kier alpha value is -0.760. The molecule has 0 bridgehead atoms. The Morgan fingerprint density at radius 3 is 2.73 bits per heavy atom. The summed E-state index contributed by atoms with van der Waals surface area (Å²) in [5.41, 5.74) is 0. The lowest BCUT2D eigenvalue weighted by Gasteiger charge is -2.02. The molecule has 0 amide bonds. The van der Waals surface area contributed by atoms with Gasteiger partial charge in [-0.15, -0.1) is 18.3 Å². The largest absolute Gasteiger partial charge is 0.206 e. The third kappa shape index (κ3) is 5.03. The topological polar surface area (TPSA) is 0 Å². The molecule has 0 aliphatic heterocycles. The van der Waals surface area contributed by atoms with Crippen molar-refractivity contribution >= 4 is 11.8 Å². The molecule has 82 valence electrons. The third-order valence-corrected chi connectivity index (χ3v) is 3.28. The van der Waals surface area contributed by atoms with Crippen LogP contribution in [0.4, 0.5) is 4.39 Å². The number of unbranched alkanes of at least 4 members (excludes halogenated alkanes) is 3. The predicted molar refractivity (Wildman–Crippen MR) is 65.8 cm³/mol. The van der Waals surface area contributed by atoms with E-state index in [4.69, 9.17) is 0 Å². The Balaban J connectivity index is 2.15. The zero-order valence-corrected chi connectivity index (χ0v) is 9.73. The van der Waals surface area contributed by atoms with Crippen molar-refractivity contribution in [2.24, 2.45) is 0 Å². The van der Waals surface area contributed by atoms with Gasteiger partial charge in [0, 0.05) is 4.90 Å². The highest BCUT2D eigenvalue weighted by atomic mass is 32.2. The molecule has 15 heavy (non-hydrogen) atoms. The molecule has 0 saturated carbocycles. The molecule has 0 aliphatic rings. The molecular weight excluding hydrogens is 207 g/mol. The maximum atomic E-state index is 13.2. The number of hydrogen-bond donors (Lipinski definition) is 0. The van der Waals surface area contributed by atoms with Gasteiger partial charge in [0.1, 0.15) is 5.82 Å². The van der Waals surface area contributed by atoms with Gasteiger partial charge in [-0.05, 0) is 37.1 Å². The highest BCUT2D eigenvalue weighted by molar-refractivity contribution is 7.99. The second-order valence-electron chi connectivity index (χ2n) is 3.42. The quantitative estimate of drug-likeness (QED) is 0.368. The molecular formula is C13H17FS. The van der Waals surface area contributed by atoms with E-state index in [1.54, 1.807) is 17.8 Å². The summed E-state index contributed by atoms with van der Waals surface area (Å²) in [5, 5.41) is 0. The zero-order valence-electron chi connectivity index (χ0n) is 8.92. The number of allylic oxidation sites excluding steroid dienone is 1. The van der Waals surface area contributed by atoms with Crippen LogP contribution < -0.4 is 0 Å². The van der Waals surface area contributed by atoms with Gasteiger partial charge in [0.25, 0.3) is 0 Å². The molecule has 0 atom stereocenters. The Kier molecular flexibility index (Phi) is 6.17. The Morgan fingerprint density at radius 1 is 1.20 bits per heavy atom. The average Bonchev–Trinajstić information content (AvgIpc) is 2.25. The zero-order chi connectivity index (χ0) is 10.9. The lowest BCUT2D eigenvalue weighted by Crippen LogP contribution is -1.84. The number of benzene rings is 1. The van der Waals surface area contributed by atoms with Gasteiger partial charge in [-0.1, -0.05) is 24.6 Å². The van der Waals surface area contributed by atoms with Gasteiger partial charge in [0.2, 0.25) is 0 Å². The average molecular weight is 224 g/mol. The fourth-order valence-corrected chi connectivity index (χ4v) is 2.26. The molecule has 0 N–H and O–H groups in total. The lowest BCUT2D eigenvalue weighted by molar-refractivity contribution is 0.602. The van der Waals surface area contributed by atoms with E-state index in [9.17, 15) is 4.39 Å². The van der Waals surface area contributed by atoms with E-state index >= 15 is 0 Å². The Bertz CT molecular complexity index is 296. The molecule has 0 aliphatic carbocycles. The first kappa shape index (κ1) is 12.3. The fourth-order valence-electron chi connectivity index (χ4n) is 1.31. The molecule has 0 radical (unpaired) electrons. The smallest absolute Gasteiger partial charge is 0.136 e. The Labute approximate surface area is 95.6 Å². The first-order valence-corrected chi connectivity index (χ1v) is 6.31. The van der Waals surface area contributed by atoms with Crippen molar-refractivity contribution in [3.63, 3.8) is 0 Å². The van der Waals surface area contributed by atoms with E-state index in [2.05, 4.69) is 6.58 Å². The molecule has 0 unspecified atom stereocenters. The monoisotopic (exact) mass is 224 g/mol. The summed E-state index contributed by atoms with van der Waals surface area (Å²) < 4.78 is 13.2. The maximum absolute atomic E-state index is 13.2. The molecule has 1 rings (SSSR count). The number of hydrogen-bond acceptors (Lipinski definition) is 1. The van der Waals surface area contributed by atoms with Crippen LogP contribution in [0.25, 0.3) is 0 Å². The third-order valence-electron chi connectivity index (χ3n) is 2.15. The minimum Gasteiger partial charge on any atom is -0.206 e.